The Morgan fingerprint density at radius 1 is 0.950 bits per heavy atom. The molecule has 3 aromatic rings. The first kappa shape index (κ1) is 30.5. The van der Waals surface area contributed by atoms with E-state index in [9.17, 15) is 9.90 Å². The molecule has 0 atom stereocenters. The van der Waals surface area contributed by atoms with E-state index in [2.05, 4.69) is 34.0 Å². The van der Waals surface area contributed by atoms with E-state index >= 15 is 0 Å². The van der Waals surface area contributed by atoms with Gasteiger partial charge in [-0.15, -0.1) is 0 Å². The molecule has 2 aromatic carbocycles. The van der Waals surface area contributed by atoms with Gasteiger partial charge in [-0.05, 0) is 50.6 Å². The van der Waals surface area contributed by atoms with Gasteiger partial charge in [0, 0.05) is 35.7 Å². The number of aliphatic carboxylic acids is 1. The average Bonchev–Trinajstić information content (AvgIpc) is 2.95. The van der Waals surface area contributed by atoms with Crippen molar-refractivity contribution in [3.8, 4) is 23.0 Å². The van der Waals surface area contributed by atoms with E-state index in [0.29, 0.717) is 46.1 Å². The second-order valence-corrected chi connectivity index (χ2v) is 9.40. The van der Waals surface area contributed by atoms with Gasteiger partial charge in [-0.25, -0.2) is 14.8 Å². The van der Waals surface area contributed by atoms with Crippen LogP contribution in [0.15, 0.2) is 36.7 Å². The lowest BCUT2D eigenvalue weighted by atomic mass is 10.1. The number of phenolic OH excluding ortho intramolecular Hbond substituents is 1. The number of aromatic nitrogens is 2. The van der Waals surface area contributed by atoms with Gasteiger partial charge in [-0.1, -0.05) is 26.7 Å². The Bertz CT molecular complexity index is 1290. The van der Waals surface area contributed by atoms with Crippen LogP contribution in [-0.2, 0) is 4.79 Å². The number of hydrogen-bond acceptors (Lipinski definition) is 9. The first-order valence-corrected chi connectivity index (χ1v) is 13.7. The van der Waals surface area contributed by atoms with E-state index in [1.807, 2.05) is 6.07 Å². The van der Waals surface area contributed by atoms with Crippen molar-refractivity contribution in [2.75, 3.05) is 45.8 Å². The summed E-state index contributed by atoms with van der Waals surface area (Å²) in [5.41, 5.74) is 1.56. The van der Waals surface area contributed by atoms with Gasteiger partial charge in [0.15, 0.2) is 23.0 Å². The van der Waals surface area contributed by atoms with Crippen molar-refractivity contribution < 1.29 is 29.2 Å². The zero-order valence-corrected chi connectivity index (χ0v) is 23.8. The van der Waals surface area contributed by atoms with Crippen LogP contribution in [0.25, 0.3) is 17.0 Å². The maximum atomic E-state index is 11.1. The second kappa shape index (κ2) is 15.5. The van der Waals surface area contributed by atoms with Gasteiger partial charge >= 0.3 is 5.97 Å². The zero-order chi connectivity index (χ0) is 28.9. The average molecular weight is 553 g/mol. The van der Waals surface area contributed by atoms with Crippen molar-refractivity contribution >= 4 is 34.5 Å². The summed E-state index contributed by atoms with van der Waals surface area (Å²) in [5, 5.41) is 23.4. The van der Waals surface area contributed by atoms with Crippen LogP contribution in [0.1, 0.15) is 51.5 Å². The van der Waals surface area contributed by atoms with Gasteiger partial charge < -0.3 is 34.6 Å². The van der Waals surface area contributed by atoms with Crippen molar-refractivity contribution in [3.63, 3.8) is 0 Å². The number of carboxylic acid groups (broad SMARTS) is 1. The molecule has 3 N–H and O–H groups in total. The number of anilines is 2. The van der Waals surface area contributed by atoms with Crippen LogP contribution in [0.5, 0.6) is 23.0 Å². The summed E-state index contributed by atoms with van der Waals surface area (Å²) in [6.45, 7) is 8.14. The highest BCUT2D eigenvalue weighted by Gasteiger charge is 2.15. The molecule has 0 unspecified atom stereocenters. The Morgan fingerprint density at radius 3 is 2.30 bits per heavy atom. The number of aromatic hydroxyl groups is 1. The predicted molar refractivity (Wildman–Crippen MR) is 157 cm³/mol. The minimum absolute atomic E-state index is 0.103. The smallest absolute Gasteiger partial charge is 0.328 e. The highest BCUT2D eigenvalue weighted by Crippen LogP contribution is 2.38. The molecule has 10 nitrogen and oxygen atoms in total. The number of unbranched alkanes of at least 4 members (excludes halogenated alkanes) is 2. The quantitative estimate of drug-likeness (QED) is 0.138. The summed E-state index contributed by atoms with van der Waals surface area (Å²) < 4.78 is 16.9. The van der Waals surface area contributed by atoms with Gasteiger partial charge in [0.2, 0.25) is 0 Å². The van der Waals surface area contributed by atoms with Crippen molar-refractivity contribution in [2.24, 2.45) is 0 Å². The minimum Gasteiger partial charge on any atom is -0.504 e. The SMILES string of the molecule is CCCCN(CCCC)CCCOc1cc2c(Nc3cc(O)c(OC)cc3/C=C/C(=O)O)ncnc2cc1OC. The molecule has 3 rings (SSSR count). The van der Waals surface area contributed by atoms with Crippen LogP contribution in [0.3, 0.4) is 0 Å². The Hall–Kier alpha value is -4.05. The Labute approximate surface area is 235 Å². The number of rotatable bonds is 17. The predicted octanol–water partition coefficient (Wildman–Crippen LogP) is 5.87. The molecule has 0 saturated carbocycles. The molecule has 1 aromatic heterocycles. The summed E-state index contributed by atoms with van der Waals surface area (Å²) in [6, 6.07) is 6.63. The van der Waals surface area contributed by atoms with Crippen LogP contribution in [0.2, 0.25) is 0 Å². The van der Waals surface area contributed by atoms with Crippen molar-refractivity contribution in [2.45, 2.75) is 46.0 Å². The first-order valence-electron chi connectivity index (χ1n) is 13.7. The number of carboxylic acids is 1. The number of methoxy groups -OCH3 is 2. The van der Waals surface area contributed by atoms with Crippen LogP contribution < -0.4 is 19.5 Å². The van der Waals surface area contributed by atoms with Crippen molar-refractivity contribution in [1.82, 2.24) is 14.9 Å². The molecular formula is C30H40N4O6. The molecule has 0 amide bonds. The Morgan fingerprint density at radius 2 is 1.65 bits per heavy atom. The standard InChI is InChI=1S/C30H40N4O6/c1-5-7-12-34(13-8-6-2)14-9-15-40-28-17-22-24(19-27(28)39-4)31-20-32-30(22)33-23-18-25(35)26(38-3)16-21(23)10-11-29(36)37/h10-11,16-20,35H,5-9,12-15H2,1-4H3,(H,36,37)(H,31,32,33)/b11-10+. The lowest BCUT2D eigenvalue weighted by Crippen LogP contribution is -2.28. The lowest BCUT2D eigenvalue weighted by Gasteiger charge is -2.22. The third kappa shape index (κ3) is 8.47. The Balaban J connectivity index is 1.85. The molecule has 10 heteroatoms. The number of phenols is 1. The normalized spacial score (nSPS) is 11.3. The molecule has 0 aliphatic rings. The number of hydrogen-bond donors (Lipinski definition) is 3. The molecule has 0 aliphatic carbocycles. The first-order chi connectivity index (χ1) is 19.4. The molecule has 0 bridgehead atoms. The number of nitrogens with zero attached hydrogens (tertiary/aromatic N) is 3. The Kier molecular flexibility index (Phi) is 11.8. The van der Waals surface area contributed by atoms with Gasteiger partial charge in [0.05, 0.1) is 32.0 Å². The second-order valence-electron chi connectivity index (χ2n) is 9.40. The summed E-state index contributed by atoms with van der Waals surface area (Å²) >= 11 is 0. The highest BCUT2D eigenvalue weighted by molar-refractivity contribution is 5.94. The summed E-state index contributed by atoms with van der Waals surface area (Å²) in [6.07, 6.45) is 9.47. The molecule has 40 heavy (non-hydrogen) atoms. The van der Waals surface area contributed by atoms with Gasteiger partial charge in [0.25, 0.3) is 0 Å². The van der Waals surface area contributed by atoms with Crippen molar-refractivity contribution in [1.29, 1.82) is 0 Å². The lowest BCUT2D eigenvalue weighted by molar-refractivity contribution is -0.131. The number of benzene rings is 2. The summed E-state index contributed by atoms with van der Waals surface area (Å²) in [7, 11) is 3.01. The molecule has 0 aliphatic heterocycles. The zero-order valence-electron chi connectivity index (χ0n) is 23.8. The van der Waals surface area contributed by atoms with Crippen molar-refractivity contribution in [3.05, 3.63) is 42.2 Å². The van der Waals surface area contributed by atoms with Gasteiger partial charge in [0.1, 0.15) is 12.1 Å². The minimum atomic E-state index is -1.10. The number of ether oxygens (including phenoxy) is 3. The fraction of sp³-hybridized carbons (Fsp3) is 0.433. The maximum Gasteiger partial charge on any atom is 0.328 e. The fourth-order valence-electron chi connectivity index (χ4n) is 4.29. The molecule has 0 fully saturated rings. The number of fused-ring (bicyclic) bond motifs is 1. The maximum absolute atomic E-state index is 11.1. The third-order valence-corrected chi connectivity index (χ3v) is 6.46. The molecule has 0 spiro atoms. The van der Waals surface area contributed by atoms with E-state index in [1.54, 1.807) is 19.2 Å². The van der Waals surface area contributed by atoms with Crippen LogP contribution in [0, 0.1) is 0 Å². The van der Waals surface area contributed by atoms with E-state index < -0.39 is 5.97 Å². The van der Waals surface area contributed by atoms with Gasteiger partial charge in [-0.2, -0.15) is 0 Å². The molecular weight excluding hydrogens is 512 g/mol. The molecule has 0 radical (unpaired) electrons. The highest BCUT2D eigenvalue weighted by atomic mass is 16.5. The van der Waals surface area contributed by atoms with Crippen LogP contribution in [-0.4, -0.2) is 71.5 Å². The topological polar surface area (TPSA) is 126 Å². The van der Waals surface area contributed by atoms with Crippen LogP contribution in [0.4, 0.5) is 11.5 Å². The summed E-state index contributed by atoms with van der Waals surface area (Å²) in [5.74, 6) is 0.610. The fourth-order valence-corrected chi connectivity index (χ4v) is 4.29. The molecule has 1 heterocycles. The number of nitrogens with one attached hydrogen (secondary N) is 1. The summed E-state index contributed by atoms with van der Waals surface area (Å²) in [4.78, 5) is 22.4. The molecule has 0 saturated heterocycles. The van der Waals surface area contributed by atoms with E-state index in [1.165, 1.54) is 51.3 Å². The van der Waals surface area contributed by atoms with E-state index in [0.717, 1.165) is 32.1 Å². The van der Waals surface area contributed by atoms with Gasteiger partial charge in [-0.3, -0.25) is 0 Å². The third-order valence-electron chi connectivity index (χ3n) is 6.46. The largest absolute Gasteiger partial charge is 0.504 e. The molecule has 216 valence electrons. The van der Waals surface area contributed by atoms with E-state index in [-0.39, 0.29) is 11.5 Å². The van der Waals surface area contributed by atoms with Crippen LogP contribution >= 0.6 is 0 Å². The number of carbonyl (C=O) groups is 1. The van der Waals surface area contributed by atoms with E-state index in [4.69, 9.17) is 19.3 Å². The monoisotopic (exact) mass is 552 g/mol.